The van der Waals surface area contributed by atoms with Crippen molar-refractivity contribution in [2.75, 3.05) is 6.61 Å². The average molecular weight is 246 g/mol. The van der Waals surface area contributed by atoms with E-state index in [1.807, 2.05) is 39.0 Å². The third-order valence-corrected chi connectivity index (χ3v) is 2.67. The van der Waals surface area contributed by atoms with Gasteiger partial charge in [-0.25, -0.2) is 0 Å². The van der Waals surface area contributed by atoms with Gasteiger partial charge in [0.05, 0.1) is 13.0 Å². The van der Waals surface area contributed by atoms with Crippen molar-refractivity contribution in [3.05, 3.63) is 48.0 Å². The molecule has 0 aliphatic rings. The maximum atomic E-state index is 11.4. The molecule has 0 spiro atoms. The molecule has 0 atom stereocenters. The molecule has 0 aliphatic heterocycles. The molecule has 0 aliphatic carbocycles. The van der Waals surface area contributed by atoms with Gasteiger partial charge in [-0.05, 0) is 24.3 Å². The van der Waals surface area contributed by atoms with Crippen LogP contribution in [-0.2, 0) is 16.0 Å². The first kappa shape index (κ1) is 14.5. The number of esters is 1. The molecule has 98 valence electrons. The Morgan fingerprint density at radius 2 is 1.94 bits per heavy atom. The fraction of sp³-hybridized carbons (Fsp3) is 0.438. The van der Waals surface area contributed by atoms with Crippen LogP contribution < -0.4 is 0 Å². The van der Waals surface area contributed by atoms with Gasteiger partial charge in [0.2, 0.25) is 0 Å². The molecule has 1 aromatic rings. The molecular weight excluding hydrogens is 224 g/mol. The summed E-state index contributed by atoms with van der Waals surface area (Å²) in [5.74, 6) is -0.133. The minimum atomic E-state index is -0.152. The Hall–Kier alpha value is -1.57. The fourth-order valence-corrected chi connectivity index (χ4v) is 1.77. The second kappa shape index (κ2) is 7.00. The van der Waals surface area contributed by atoms with Gasteiger partial charge in [0.25, 0.3) is 0 Å². The molecule has 2 heteroatoms. The highest BCUT2D eigenvalue weighted by atomic mass is 16.5. The number of hydrogen-bond donors (Lipinski definition) is 0. The molecule has 0 saturated carbocycles. The molecule has 0 N–H and O–H groups in total. The highest BCUT2D eigenvalue weighted by Gasteiger charge is 2.19. The van der Waals surface area contributed by atoms with Gasteiger partial charge in [-0.2, -0.15) is 0 Å². The number of rotatable bonds is 6. The van der Waals surface area contributed by atoms with Crippen molar-refractivity contribution in [2.45, 2.75) is 33.6 Å². The predicted octanol–water partition coefficient (Wildman–Crippen LogP) is 3.76. The van der Waals surface area contributed by atoms with E-state index in [0.29, 0.717) is 13.0 Å². The molecular formula is C16H22O2. The fourth-order valence-electron chi connectivity index (χ4n) is 1.77. The van der Waals surface area contributed by atoms with E-state index < -0.39 is 0 Å². The smallest absolute Gasteiger partial charge is 0.306 e. The molecule has 0 heterocycles. The van der Waals surface area contributed by atoms with E-state index in [-0.39, 0.29) is 11.4 Å². The third kappa shape index (κ3) is 5.67. The summed E-state index contributed by atoms with van der Waals surface area (Å²) in [7, 11) is 0. The quantitative estimate of drug-likeness (QED) is 0.564. The summed E-state index contributed by atoms with van der Waals surface area (Å²) in [4.78, 5) is 11.4. The van der Waals surface area contributed by atoms with E-state index in [4.69, 9.17) is 4.74 Å². The van der Waals surface area contributed by atoms with Crippen LogP contribution in [0.1, 0.15) is 32.8 Å². The van der Waals surface area contributed by atoms with Crippen LogP contribution in [0.5, 0.6) is 0 Å². The Bertz CT molecular complexity index is 391. The summed E-state index contributed by atoms with van der Waals surface area (Å²) in [6, 6.07) is 10.3. The Balaban J connectivity index is 2.47. The van der Waals surface area contributed by atoms with E-state index in [9.17, 15) is 4.79 Å². The van der Waals surface area contributed by atoms with Crippen LogP contribution in [0, 0.1) is 5.41 Å². The first-order valence-electron chi connectivity index (χ1n) is 6.41. The van der Waals surface area contributed by atoms with Crippen LogP contribution in [0.15, 0.2) is 42.5 Å². The van der Waals surface area contributed by atoms with Crippen LogP contribution in [0.25, 0.3) is 0 Å². The standard InChI is InChI=1S/C16H22O2/c1-4-18-15(17)13-16(2,3)12-8-11-14-9-6-5-7-10-14/h5-10,12H,4,11,13H2,1-3H3. The number of hydrogen-bond acceptors (Lipinski definition) is 2. The lowest BCUT2D eigenvalue weighted by Gasteiger charge is -2.18. The molecule has 1 rings (SSSR count). The second-order valence-corrected chi connectivity index (χ2v) is 5.06. The van der Waals surface area contributed by atoms with E-state index in [1.54, 1.807) is 0 Å². The molecule has 0 radical (unpaired) electrons. The number of allylic oxidation sites excluding steroid dienone is 2. The summed E-state index contributed by atoms with van der Waals surface area (Å²) < 4.78 is 4.97. The van der Waals surface area contributed by atoms with Gasteiger partial charge < -0.3 is 4.74 Å². The summed E-state index contributed by atoms with van der Waals surface area (Å²) in [5, 5.41) is 0. The molecule has 18 heavy (non-hydrogen) atoms. The molecule has 2 nitrogen and oxygen atoms in total. The summed E-state index contributed by atoms with van der Waals surface area (Å²) in [6.07, 6.45) is 5.53. The monoisotopic (exact) mass is 246 g/mol. The summed E-state index contributed by atoms with van der Waals surface area (Å²) in [6.45, 7) is 6.37. The maximum Gasteiger partial charge on any atom is 0.306 e. The number of ether oxygens (including phenoxy) is 1. The molecule has 0 unspecified atom stereocenters. The Morgan fingerprint density at radius 1 is 1.28 bits per heavy atom. The van der Waals surface area contributed by atoms with Crippen molar-refractivity contribution in [3.8, 4) is 0 Å². The number of benzene rings is 1. The summed E-state index contributed by atoms with van der Waals surface area (Å²) in [5.41, 5.74) is 1.13. The zero-order valence-corrected chi connectivity index (χ0v) is 11.5. The lowest BCUT2D eigenvalue weighted by Crippen LogP contribution is -2.16. The largest absolute Gasteiger partial charge is 0.466 e. The predicted molar refractivity (Wildman–Crippen MR) is 74.3 cm³/mol. The first-order valence-corrected chi connectivity index (χ1v) is 6.41. The number of carbonyl (C=O) groups excluding carboxylic acids is 1. The van der Waals surface area contributed by atoms with Crippen molar-refractivity contribution < 1.29 is 9.53 Å². The van der Waals surface area contributed by atoms with Crippen molar-refractivity contribution in [1.82, 2.24) is 0 Å². The lowest BCUT2D eigenvalue weighted by atomic mass is 9.88. The van der Waals surface area contributed by atoms with Gasteiger partial charge >= 0.3 is 5.97 Å². The molecule has 0 fully saturated rings. The maximum absolute atomic E-state index is 11.4. The Morgan fingerprint density at radius 3 is 2.56 bits per heavy atom. The lowest BCUT2D eigenvalue weighted by molar-refractivity contribution is -0.144. The minimum Gasteiger partial charge on any atom is -0.466 e. The highest BCUT2D eigenvalue weighted by Crippen LogP contribution is 2.23. The highest BCUT2D eigenvalue weighted by molar-refractivity contribution is 5.70. The molecule has 0 amide bonds. The second-order valence-electron chi connectivity index (χ2n) is 5.06. The molecule has 1 aromatic carbocycles. The Labute approximate surface area is 110 Å². The van der Waals surface area contributed by atoms with Gasteiger partial charge in [-0.1, -0.05) is 56.3 Å². The van der Waals surface area contributed by atoms with Gasteiger partial charge in [-0.15, -0.1) is 0 Å². The SMILES string of the molecule is CCOC(=O)CC(C)(C)C=CCc1ccccc1. The number of carbonyl (C=O) groups is 1. The van der Waals surface area contributed by atoms with Crippen LogP contribution in [0.4, 0.5) is 0 Å². The Kier molecular flexibility index (Phi) is 5.63. The summed E-state index contributed by atoms with van der Waals surface area (Å²) >= 11 is 0. The van der Waals surface area contributed by atoms with Crippen LogP contribution in [0.3, 0.4) is 0 Å². The first-order chi connectivity index (χ1) is 8.53. The van der Waals surface area contributed by atoms with E-state index >= 15 is 0 Å². The zero-order valence-electron chi connectivity index (χ0n) is 11.5. The topological polar surface area (TPSA) is 26.3 Å². The van der Waals surface area contributed by atoms with Crippen LogP contribution >= 0.6 is 0 Å². The minimum absolute atomic E-state index is 0.133. The van der Waals surface area contributed by atoms with Crippen LogP contribution in [-0.4, -0.2) is 12.6 Å². The van der Waals surface area contributed by atoms with Crippen molar-refractivity contribution in [1.29, 1.82) is 0 Å². The normalized spacial score (nSPS) is 11.7. The van der Waals surface area contributed by atoms with E-state index in [2.05, 4.69) is 24.3 Å². The van der Waals surface area contributed by atoms with Crippen molar-refractivity contribution in [3.63, 3.8) is 0 Å². The van der Waals surface area contributed by atoms with Crippen molar-refractivity contribution >= 4 is 5.97 Å². The van der Waals surface area contributed by atoms with Gasteiger partial charge in [0, 0.05) is 0 Å². The van der Waals surface area contributed by atoms with Gasteiger partial charge in [0.1, 0.15) is 0 Å². The van der Waals surface area contributed by atoms with E-state index in [0.717, 1.165) is 6.42 Å². The molecule has 0 bridgehead atoms. The van der Waals surface area contributed by atoms with Gasteiger partial charge in [-0.3, -0.25) is 4.79 Å². The molecule has 0 aromatic heterocycles. The molecule has 0 saturated heterocycles. The van der Waals surface area contributed by atoms with Gasteiger partial charge in [0.15, 0.2) is 0 Å². The average Bonchev–Trinajstić information content (AvgIpc) is 2.29. The van der Waals surface area contributed by atoms with Crippen molar-refractivity contribution in [2.24, 2.45) is 5.41 Å². The van der Waals surface area contributed by atoms with Crippen LogP contribution in [0.2, 0.25) is 0 Å². The van der Waals surface area contributed by atoms with E-state index in [1.165, 1.54) is 5.56 Å². The third-order valence-electron chi connectivity index (χ3n) is 2.67. The zero-order chi connectivity index (χ0) is 13.4.